The van der Waals surface area contributed by atoms with Crippen molar-refractivity contribution >= 4 is 63.1 Å². The number of nitrogens with one attached hydrogen (secondary N) is 2. The van der Waals surface area contributed by atoms with E-state index < -0.39 is 0 Å². The fraction of sp³-hybridized carbons (Fsp3) is 0. The van der Waals surface area contributed by atoms with E-state index in [4.69, 9.17) is 28.2 Å². The molecule has 204 valence electrons. The molecule has 0 aliphatic heterocycles. The molecule has 1 aromatic heterocycles. The zero-order valence-corrected chi connectivity index (χ0v) is 23.5. The zero-order valence-electron chi connectivity index (χ0n) is 22.0. The topological polar surface area (TPSA) is 84.0 Å². The van der Waals surface area contributed by atoms with Gasteiger partial charge in [-0.1, -0.05) is 83.9 Å². The summed E-state index contributed by atoms with van der Waals surface area (Å²) in [6.07, 6.45) is 0. The van der Waals surface area contributed by atoms with Gasteiger partial charge in [-0.2, -0.15) is 0 Å². The van der Waals surface area contributed by atoms with Gasteiger partial charge in [0, 0.05) is 43.4 Å². The van der Waals surface area contributed by atoms with Crippen molar-refractivity contribution < 1.29 is 9.59 Å². The molecule has 6 rings (SSSR count). The van der Waals surface area contributed by atoms with E-state index in [1.54, 1.807) is 72.8 Å². The number of benzene rings is 5. The molecule has 0 aliphatic carbocycles. The van der Waals surface area contributed by atoms with Crippen LogP contribution in [-0.2, 0) is 0 Å². The molecule has 0 atom stereocenters. The van der Waals surface area contributed by atoms with Crippen molar-refractivity contribution in [3.05, 3.63) is 148 Å². The Bertz CT molecular complexity index is 1930. The van der Waals surface area contributed by atoms with Crippen LogP contribution in [0, 0.1) is 0 Å². The van der Waals surface area contributed by atoms with E-state index in [0.29, 0.717) is 44.1 Å². The number of anilines is 3. The first-order valence-electron chi connectivity index (χ1n) is 13.0. The van der Waals surface area contributed by atoms with Crippen LogP contribution in [0.4, 0.5) is 17.3 Å². The molecule has 0 fully saturated rings. The largest absolute Gasteiger partial charge is 0.324 e. The minimum atomic E-state index is -0.365. The lowest BCUT2D eigenvalue weighted by Crippen LogP contribution is -2.15. The van der Waals surface area contributed by atoms with Gasteiger partial charge in [0.2, 0.25) is 5.95 Å². The maximum absolute atomic E-state index is 13.1. The van der Waals surface area contributed by atoms with E-state index in [2.05, 4.69) is 15.6 Å². The van der Waals surface area contributed by atoms with E-state index in [1.165, 1.54) is 0 Å². The monoisotopic (exact) mass is 588 g/mol. The van der Waals surface area contributed by atoms with Crippen LogP contribution >= 0.6 is 23.2 Å². The highest BCUT2D eigenvalue weighted by Crippen LogP contribution is 2.30. The average Bonchev–Trinajstić information content (AvgIpc) is 3.02. The second-order valence-electron chi connectivity index (χ2n) is 9.46. The molecule has 0 radical (unpaired) electrons. The Balaban J connectivity index is 1.24. The van der Waals surface area contributed by atoms with Crippen molar-refractivity contribution in [1.82, 2.24) is 9.97 Å². The number of ketones is 1. The first kappa shape index (κ1) is 27.1. The maximum atomic E-state index is 13.1. The second kappa shape index (κ2) is 11.8. The summed E-state index contributed by atoms with van der Waals surface area (Å²) < 4.78 is 0. The van der Waals surface area contributed by atoms with E-state index in [0.717, 1.165) is 22.2 Å². The van der Waals surface area contributed by atoms with Crippen LogP contribution in [0.25, 0.3) is 22.2 Å². The molecule has 6 nitrogen and oxygen atoms in total. The van der Waals surface area contributed by atoms with Crippen LogP contribution in [0.15, 0.2) is 121 Å². The van der Waals surface area contributed by atoms with Gasteiger partial charge in [-0.15, -0.1) is 0 Å². The van der Waals surface area contributed by atoms with Crippen molar-refractivity contribution in [3.8, 4) is 11.3 Å². The molecule has 0 saturated heterocycles. The number of nitrogens with zero attached hydrogens (tertiary/aromatic N) is 2. The lowest BCUT2D eigenvalue weighted by molar-refractivity contribution is 0.102. The molecule has 5 aromatic carbocycles. The smallest absolute Gasteiger partial charge is 0.255 e. The van der Waals surface area contributed by atoms with Crippen LogP contribution in [0.5, 0.6) is 0 Å². The summed E-state index contributed by atoms with van der Waals surface area (Å²) in [5, 5.41) is 7.94. The summed E-state index contributed by atoms with van der Waals surface area (Å²) in [6.45, 7) is 0. The highest BCUT2D eigenvalue weighted by molar-refractivity contribution is 6.32. The average molecular weight is 589 g/mol. The van der Waals surface area contributed by atoms with Crippen molar-refractivity contribution in [2.75, 3.05) is 10.6 Å². The summed E-state index contributed by atoms with van der Waals surface area (Å²) in [4.78, 5) is 35.7. The molecule has 2 N–H and O–H groups in total. The van der Waals surface area contributed by atoms with Crippen LogP contribution in [-0.4, -0.2) is 21.7 Å². The van der Waals surface area contributed by atoms with Crippen molar-refractivity contribution in [2.45, 2.75) is 0 Å². The number of aromatic nitrogens is 2. The number of hydrogen-bond acceptors (Lipinski definition) is 5. The molecule has 0 unspecified atom stereocenters. The predicted molar refractivity (Wildman–Crippen MR) is 169 cm³/mol. The first-order valence-corrected chi connectivity index (χ1v) is 13.8. The molecule has 0 spiro atoms. The number of hydrogen-bond donors (Lipinski definition) is 2. The summed E-state index contributed by atoms with van der Waals surface area (Å²) in [5.41, 5.74) is 4.73. The third kappa shape index (κ3) is 5.86. The number of amides is 1. The zero-order chi connectivity index (χ0) is 29.1. The van der Waals surface area contributed by atoms with Crippen LogP contribution in [0.2, 0.25) is 10.0 Å². The molecule has 0 saturated carbocycles. The molecule has 8 heteroatoms. The molecule has 0 bridgehead atoms. The minimum absolute atomic E-state index is 0.236. The quantitative estimate of drug-likeness (QED) is 0.182. The normalized spacial score (nSPS) is 10.8. The van der Waals surface area contributed by atoms with Gasteiger partial charge in [-0.05, 0) is 60.7 Å². The third-order valence-electron chi connectivity index (χ3n) is 6.62. The number of fused-ring (bicyclic) bond motifs is 1. The summed E-state index contributed by atoms with van der Waals surface area (Å²) >= 11 is 12.5. The van der Waals surface area contributed by atoms with Crippen LogP contribution in [0.1, 0.15) is 26.3 Å². The molecule has 1 heterocycles. The number of carbonyl (C=O) groups is 2. The van der Waals surface area contributed by atoms with Gasteiger partial charge < -0.3 is 10.6 Å². The Kier molecular flexibility index (Phi) is 7.64. The standard InChI is InChI=1S/C34H22Cl2N4O2/c35-24-13-17-29-27(19-24)31(21-7-3-1-4-8-21)40-34(39-29)37-26-15-11-23(12-16-26)33(42)38-30-18-14-25(36)20-28(30)32(41)22-9-5-2-6-10-22/h1-20H,(H,38,42)(H,37,39,40). The molecule has 1 amide bonds. The summed E-state index contributed by atoms with van der Waals surface area (Å²) in [7, 11) is 0. The summed E-state index contributed by atoms with van der Waals surface area (Å²) in [6, 6.07) is 35.9. The van der Waals surface area contributed by atoms with E-state index >= 15 is 0 Å². The van der Waals surface area contributed by atoms with E-state index in [9.17, 15) is 9.59 Å². The van der Waals surface area contributed by atoms with Crippen molar-refractivity contribution in [1.29, 1.82) is 0 Å². The Morgan fingerprint density at radius 1 is 0.643 bits per heavy atom. The van der Waals surface area contributed by atoms with Gasteiger partial charge in [0.1, 0.15) is 0 Å². The number of rotatable bonds is 7. The molecule has 0 aliphatic rings. The van der Waals surface area contributed by atoms with Gasteiger partial charge in [0.25, 0.3) is 5.91 Å². The maximum Gasteiger partial charge on any atom is 0.255 e. The lowest BCUT2D eigenvalue weighted by atomic mass is 10.0. The second-order valence-corrected chi connectivity index (χ2v) is 10.3. The fourth-order valence-corrected chi connectivity index (χ4v) is 4.90. The summed E-state index contributed by atoms with van der Waals surface area (Å²) in [5.74, 6) is -0.192. The van der Waals surface area contributed by atoms with Gasteiger partial charge in [-0.3, -0.25) is 9.59 Å². The Labute approximate surface area is 252 Å². The number of halogens is 2. The Morgan fingerprint density at radius 3 is 2.05 bits per heavy atom. The highest BCUT2D eigenvalue weighted by atomic mass is 35.5. The van der Waals surface area contributed by atoms with Crippen molar-refractivity contribution in [3.63, 3.8) is 0 Å². The molecular formula is C34H22Cl2N4O2. The van der Waals surface area contributed by atoms with Gasteiger partial charge in [0.05, 0.1) is 16.9 Å². The SMILES string of the molecule is O=C(Nc1ccc(Cl)cc1C(=O)c1ccccc1)c1ccc(Nc2nc(-c3ccccc3)c3cc(Cl)ccc3n2)cc1. The van der Waals surface area contributed by atoms with E-state index in [1.807, 2.05) is 48.5 Å². The van der Waals surface area contributed by atoms with E-state index in [-0.39, 0.29) is 11.7 Å². The number of carbonyl (C=O) groups excluding carboxylic acids is 2. The van der Waals surface area contributed by atoms with Crippen LogP contribution in [0.3, 0.4) is 0 Å². The predicted octanol–water partition coefficient (Wildman–Crippen LogP) is 8.83. The Morgan fingerprint density at radius 2 is 1.31 bits per heavy atom. The van der Waals surface area contributed by atoms with Crippen molar-refractivity contribution in [2.24, 2.45) is 0 Å². The molecule has 42 heavy (non-hydrogen) atoms. The minimum Gasteiger partial charge on any atom is -0.324 e. The highest BCUT2D eigenvalue weighted by Gasteiger charge is 2.17. The first-order chi connectivity index (χ1) is 20.4. The Hall–Kier alpha value is -5.04. The van der Waals surface area contributed by atoms with Gasteiger partial charge in [0.15, 0.2) is 5.78 Å². The van der Waals surface area contributed by atoms with Crippen LogP contribution < -0.4 is 10.6 Å². The van der Waals surface area contributed by atoms with Gasteiger partial charge >= 0.3 is 0 Å². The fourth-order valence-electron chi connectivity index (χ4n) is 4.56. The molecule has 6 aromatic rings. The lowest BCUT2D eigenvalue weighted by Gasteiger charge is -2.13. The van der Waals surface area contributed by atoms with Gasteiger partial charge in [-0.25, -0.2) is 9.97 Å². The molecular weight excluding hydrogens is 567 g/mol. The third-order valence-corrected chi connectivity index (χ3v) is 7.09.